The Morgan fingerprint density at radius 1 is 0.756 bits per heavy atom. The second-order valence-electron chi connectivity index (χ2n) is 10.8. The molecule has 3 heterocycles. The third-order valence-corrected chi connectivity index (χ3v) is 7.60. The average molecular weight is 635 g/mol. The molecule has 10 atom stereocenters. The van der Waals surface area contributed by atoms with Crippen molar-refractivity contribution >= 4 is 16.9 Å². The molecule has 0 bridgehead atoms. The number of methoxy groups -OCH3 is 1. The predicted molar refractivity (Wildman–Crippen MR) is 152 cm³/mol. The smallest absolute Gasteiger partial charge is 0.308 e. The van der Waals surface area contributed by atoms with Gasteiger partial charge in [-0.05, 0) is 38.1 Å². The Labute approximate surface area is 255 Å². The average Bonchev–Trinajstić information content (AvgIpc) is 3.01. The van der Waals surface area contributed by atoms with Crippen LogP contribution in [0.2, 0.25) is 0 Å². The first kappa shape index (κ1) is 32.6. The largest absolute Gasteiger partial charge is 0.497 e. The number of hydrogen-bond acceptors (Lipinski definition) is 15. The number of aliphatic hydroxyl groups is 6. The van der Waals surface area contributed by atoms with Gasteiger partial charge < -0.3 is 63.5 Å². The van der Waals surface area contributed by atoms with E-state index in [1.165, 1.54) is 27.0 Å². The van der Waals surface area contributed by atoms with Crippen molar-refractivity contribution in [2.45, 2.75) is 82.2 Å². The molecule has 15 heteroatoms. The van der Waals surface area contributed by atoms with Gasteiger partial charge in [0.1, 0.15) is 64.8 Å². The van der Waals surface area contributed by atoms with Gasteiger partial charge in [0.15, 0.2) is 5.76 Å². The third-order valence-electron chi connectivity index (χ3n) is 7.60. The van der Waals surface area contributed by atoms with E-state index in [9.17, 15) is 40.2 Å². The zero-order valence-electron chi connectivity index (χ0n) is 24.6. The molecule has 5 rings (SSSR count). The lowest BCUT2D eigenvalue weighted by Gasteiger charge is -2.39. The summed E-state index contributed by atoms with van der Waals surface area (Å²) in [5.41, 5.74) is -0.740. The van der Waals surface area contributed by atoms with Crippen LogP contribution < -0.4 is 24.4 Å². The van der Waals surface area contributed by atoms with E-state index >= 15 is 0 Å². The summed E-state index contributed by atoms with van der Waals surface area (Å²) < 4.78 is 39.4. The Morgan fingerprint density at radius 3 is 1.84 bits per heavy atom. The standard InChI is InChI=1S/C30H34O15/c1-11-20(32)23(35)25(37)29(40-11)44-18-10-16(42-13(3)31)9-17-19(18)22(34)28(27(43-17)14-5-7-15(39-4)8-6-14)45-30-26(38)24(36)21(33)12(2)41-30/h5-12,20-21,23-26,29-30,32-33,35-38H,1-4H3/t11-,12-,20-,21-,23+,24+,25+,26+,29-,30-/m0/s1. The molecule has 45 heavy (non-hydrogen) atoms. The van der Waals surface area contributed by atoms with E-state index in [1.54, 1.807) is 24.3 Å². The number of carbonyl (C=O) groups excluding carboxylic acids is 1. The molecule has 3 aromatic rings. The summed E-state index contributed by atoms with van der Waals surface area (Å²) >= 11 is 0. The first-order valence-corrected chi connectivity index (χ1v) is 14.0. The normalized spacial score (nSPS) is 31.8. The van der Waals surface area contributed by atoms with E-state index < -0.39 is 78.6 Å². The minimum atomic E-state index is -1.78. The first-order chi connectivity index (χ1) is 21.3. The lowest BCUT2D eigenvalue weighted by molar-refractivity contribution is -0.268. The van der Waals surface area contributed by atoms with Crippen molar-refractivity contribution in [2.24, 2.45) is 0 Å². The van der Waals surface area contributed by atoms with Crippen LogP contribution in [0.15, 0.2) is 45.6 Å². The Morgan fingerprint density at radius 2 is 1.31 bits per heavy atom. The molecule has 0 aliphatic carbocycles. The summed E-state index contributed by atoms with van der Waals surface area (Å²) in [5, 5.41) is 61.8. The van der Waals surface area contributed by atoms with Crippen molar-refractivity contribution in [1.29, 1.82) is 0 Å². The second-order valence-corrected chi connectivity index (χ2v) is 10.8. The van der Waals surface area contributed by atoms with Gasteiger partial charge in [-0.2, -0.15) is 0 Å². The number of benzene rings is 2. The van der Waals surface area contributed by atoms with E-state index in [2.05, 4.69) is 0 Å². The van der Waals surface area contributed by atoms with E-state index in [-0.39, 0.29) is 28.2 Å². The molecule has 6 N–H and O–H groups in total. The highest BCUT2D eigenvalue weighted by molar-refractivity contribution is 5.89. The Balaban J connectivity index is 1.70. The number of carbonyl (C=O) groups is 1. The van der Waals surface area contributed by atoms with Crippen LogP contribution in [0.4, 0.5) is 0 Å². The monoisotopic (exact) mass is 634 g/mol. The quantitative estimate of drug-likeness (QED) is 0.146. The van der Waals surface area contributed by atoms with Gasteiger partial charge in [-0.3, -0.25) is 9.59 Å². The number of aliphatic hydroxyl groups excluding tert-OH is 6. The number of ether oxygens (including phenoxy) is 6. The van der Waals surface area contributed by atoms with Gasteiger partial charge >= 0.3 is 5.97 Å². The van der Waals surface area contributed by atoms with Crippen LogP contribution in [0.3, 0.4) is 0 Å². The molecule has 0 radical (unpaired) electrons. The molecule has 0 saturated carbocycles. The molecule has 1 aromatic heterocycles. The highest BCUT2D eigenvalue weighted by Gasteiger charge is 2.45. The van der Waals surface area contributed by atoms with Gasteiger partial charge in [-0.15, -0.1) is 0 Å². The van der Waals surface area contributed by atoms with Gasteiger partial charge in [0, 0.05) is 24.6 Å². The Hall–Kier alpha value is -3.80. The van der Waals surface area contributed by atoms with Crippen molar-refractivity contribution < 1.29 is 68.3 Å². The maximum atomic E-state index is 14.3. The minimum absolute atomic E-state index is 0.113. The first-order valence-electron chi connectivity index (χ1n) is 14.0. The fourth-order valence-electron chi connectivity index (χ4n) is 5.06. The molecule has 2 fully saturated rings. The molecule has 0 spiro atoms. The van der Waals surface area contributed by atoms with E-state index in [1.807, 2.05) is 0 Å². The summed E-state index contributed by atoms with van der Waals surface area (Å²) in [5.74, 6) is -1.31. The highest BCUT2D eigenvalue weighted by Crippen LogP contribution is 2.39. The molecule has 0 amide bonds. The minimum Gasteiger partial charge on any atom is -0.497 e. The number of rotatable bonds is 7. The molecule has 2 aliphatic rings. The van der Waals surface area contributed by atoms with Crippen LogP contribution in [-0.2, 0) is 14.3 Å². The molecular weight excluding hydrogens is 600 g/mol. The summed E-state index contributed by atoms with van der Waals surface area (Å²) in [6, 6.07) is 8.69. The van der Waals surface area contributed by atoms with Crippen LogP contribution in [0, 0.1) is 0 Å². The van der Waals surface area contributed by atoms with E-state index in [0.717, 1.165) is 13.0 Å². The Kier molecular flexibility index (Phi) is 9.34. The van der Waals surface area contributed by atoms with Gasteiger partial charge in [-0.25, -0.2) is 0 Å². The van der Waals surface area contributed by atoms with Crippen LogP contribution in [0.5, 0.6) is 23.0 Å². The lowest BCUT2D eigenvalue weighted by Crippen LogP contribution is -2.58. The Bertz CT molecular complexity index is 1590. The van der Waals surface area contributed by atoms with Crippen molar-refractivity contribution in [1.82, 2.24) is 0 Å². The van der Waals surface area contributed by atoms with Crippen LogP contribution in [0.25, 0.3) is 22.3 Å². The molecule has 2 aliphatic heterocycles. The SMILES string of the molecule is COc1ccc(-c2oc3cc(OC(C)=O)cc(O[C@@H]4O[C@@H](C)[C@H](O)[C@@H](O)[C@H]4O)c3c(=O)c2O[C@@H]2O[C@@H](C)[C@H](O)[C@@H](O)[C@H]2O)cc1. The third kappa shape index (κ3) is 6.34. The summed E-state index contributed by atoms with van der Waals surface area (Å²) in [4.78, 5) is 26.1. The number of fused-ring (bicyclic) bond motifs is 1. The fourth-order valence-corrected chi connectivity index (χ4v) is 5.06. The summed E-state index contributed by atoms with van der Waals surface area (Å²) in [6.07, 6.45) is -15.0. The summed E-state index contributed by atoms with van der Waals surface area (Å²) in [6.45, 7) is 4.02. The van der Waals surface area contributed by atoms with Crippen LogP contribution in [0.1, 0.15) is 20.8 Å². The second kappa shape index (κ2) is 12.9. The number of esters is 1. The van der Waals surface area contributed by atoms with Crippen LogP contribution >= 0.6 is 0 Å². The lowest BCUT2D eigenvalue weighted by atomic mass is 10.00. The van der Waals surface area contributed by atoms with Gasteiger partial charge in [-0.1, -0.05) is 0 Å². The van der Waals surface area contributed by atoms with Crippen molar-refractivity contribution in [3.8, 4) is 34.3 Å². The van der Waals surface area contributed by atoms with E-state index in [0.29, 0.717) is 11.3 Å². The van der Waals surface area contributed by atoms with E-state index in [4.69, 9.17) is 32.8 Å². The van der Waals surface area contributed by atoms with Gasteiger partial charge in [0.25, 0.3) is 0 Å². The van der Waals surface area contributed by atoms with Crippen molar-refractivity contribution in [3.63, 3.8) is 0 Å². The molecule has 0 unspecified atom stereocenters. The zero-order chi connectivity index (χ0) is 32.7. The molecule has 2 saturated heterocycles. The van der Waals surface area contributed by atoms with Crippen molar-refractivity contribution in [2.75, 3.05) is 7.11 Å². The van der Waals surface area contributed by atoms with Crippen molar-refractivity contribution in [3.05, 3.63) is 46.6 Å². The zero-order valence-corrected chi connectivity index (χ0v) is 24.6. The molecule has 2 aromatic carbocycles. The van der Waals surface area contributed by atoms with Gasteiger partial charge in [0.05, 0.1) is 19.3 Å². The maximum Gasteiger partial charge on any atom is 0.308 e. The topological polar surface area (TPSA) is 224 Å². The maximum absolute atomic E-state index is 14.3. The highest BCUT2D eigenvalue weighted by atomic mass is 16.7. The van der Waals surface area contributed by atoms with Gasteiger partial charge in [0.2, 0.25) is 23.8 Å². The molecule has 15 nitrogen and oxygen atoms in total. The molecule has 244 valence electrons. The molecular formula is C30H34O15. The predicted octanol–water partition coefficient (Wildman–Crippen LogP) is -0.193. The van der Waals surface area contributed by atoms with Crippen LogP contribution in [-0.4, -0.2) is 105 Å². The fraction of sp³-hybridized carbons (Fsp3) is 0.467. The summed E-state index contributed by atoms with van der Waals surface area (Å²) in [7, 11) is 1.47. The number of hydrogen-bond donors (Lipinski definition) is 6.